The summed E-state index contributed by atoms with van der Waals surface area (Å²) < 4.78 is 5.39. The van der Waals surface area contributed by atoms with Gasteiger partial charge in [0, 0.05) is 45.5 Å². The molecular formula is C13H22N4O. The second kappa shape index (κ2) is 6.66. The van der Waals surface area contributed by atoms with E-state index in [-0.39, 0.29) is 0 Å². The van der Waals surface area contributed by atoms with Gasteiger partial charge in [-0.05, 0) is 13.8 Å². The lowest BCUT2D eigenvalue weighted by Gasteiger charge is -2.35. The summed E-state index contributed by atoms with van der Waals surface area (Å²) in [5.74, 6) is 0.999. The predicted octanol–water partition coefficient (Wildman–Crippen LogP) is 0.944. The highest BCUT2D eigenvalue weighted by molar-refractivity contribution is 5.36. The van der Waals surface area contributed by atoms with E-state index in [0.29, 0.717) is 0 Å². The number of anilines is 1. The van der Waals surface area contributed by atoms with E-state index in [0.717, 1.165) is 57.4 Å². The molecule has 1 aromatic heterocycles. The molecule has 0 spiro atoms. The molecule has 0 aliphatic carbocycles. The zero-order valence-corrected chi connectivity index (χ0v) is 11.3. The normalized spacial score (nSPS) is 17.1. The van der Waals surface area contributed by atoms with Crippen molar-refractivity contribution >= 4 is 5.82 Å². The van der Waals surface area contributed by atoms with Crippen LogP contribution in [0, 0.1) is 6.92 Å². The fraction of sp³-hybridized carbons (Fsp3) is 0.692. The van der Waals surface area contributed by atoms with Gasteiger partial charge in [0.25, 0.3) is 0 Å². The fourth-order valence-corrected chi connectivity index (χ4v) is 2.14. The molecule has 0 radical (unpaired) electrons. The fourth-order valence-electron chi connectivity index (χ4n) is 2.14. The number of hydrogen-bond acceptors (Lipinski definition) is 5. The van der Waals surface area contributed by atoms with Crippen molar-refractivity contribution in [2.75, 3.05) is 50.8 Å². The average Bonchev–Trinajstić information content (AvgIpc) is 2.40. The zero-order valence-electron chi connectivity index (χ0n) is 11.3. The van der Waals surface area contributed by atoms with Crippen LogP contribution in [0.25, 0.3) is 0 Å². The van der Waals surface area contributed by atoms with E-state index < -0.39 is 0 Å². The third-order valence-electron chi connectivity index (χ3n) is 3.19. The zero-order chi connectivity index (χ0) is 12.8. The topological polar surface area (TPSA) is 41.5 Å². The Morgan fingerprint density at radius 3 is 2.67 bits per heavy atom. The van der Waals surface area contributed by atoms with Gasteiger partial charge >= 0.3 is 0 Å². The third kappa shape index (κ3) is 3.65. The first kappa shape index (κ1) is 13.2. The number of rotatable bonds is 5. The maximum absolute atomic E-state index is 5.39. The van der Waals surface area contributed by atoms with Gasteiger partial charge in [0.05, 0.1) is 18.5 Å². The summed E-state index contributed by atoms with van der Waals surface area (Å²) in [7, 11) is 0. The molecule has 0 saturated carbocycles. The second-order valence-electron chi connectivity index (χ2n) is 4.54. The summed E-state index contributed by atoms with van der Waals surface area (Å²) in [5.41, 5.74) is 0.978. The van der Waals surface area contributed by atoms with E-state index in [9.17, 15) is 0 Å². The molecule has 0 bridgehead atoms. The quantitative estimate of drug-likeness (QED) is 0.728. The lowest BCUT2D eigenvalue weighted by Crippen LogP contribution is -2.47. The van der Waals surface area contributed by atoms with Crippen LogP contribution in [0.5, 0.6) is 0 Å². The molecule has 0 unspecified atom stereocenters. The van der Waals surface area contributed by atoms with Crippen molar-refractivity contribution in [2.45, 2.75) is 13.8 Å². The van der Waals surface area contributed by atoms with Gasteiger partial charge < -0.3 is 9.64 Å². The Kier molecular flexibility index (Phi) is 4.90. The van der Waals surface area contributed by atoms with Crippen LogP contribution in [0.15, 0.2) is 12.4 Å². The average molecular weight is 250 g/mol. The van der Waals surface area contributed by atoms with Gasteiger partial charge in [-0.15, -0.1) is 0 Å². The highest BCUT2D eigenvalue weighted by atomic mass is 16.5. The maximum atomic E-state index is 5.39. The Hall–Kier alpha value is -1.20. The standard InChI is InChI=1S/C13H22N4O/c1-3-18-9-8-16-4-6-17(7-5-16)13-11-14-10-12(2)15-13/h10-11H,3-9H2,1-2H3. The number of ether oxygens (including phenoxy) is 1. The van der Waals surface area contributed by atoms with Crippen molar-refractivity contribution < 1.29 is 4.74 Å². The van der Waals surface area contributed by atoms with Crippen LogP contribution in [0.1, 0.15) is 12.6 Å². The summed E-state index contributed by atoms with van der Waals surface area (Å²) in [4.78, 5) is 13.5. The SMILES string of the molecule is CCOCCN1CCN(c2cncc(C)n2)CC1. The summed E-state index contributed by atoms with van der Waals surface area (Å²) in [6, 6.07) is 0. The Morgan fingerprint density at radius 1 is 1.22 bits per heavy atom. The number of aromatic nitrogens is 2. The van der Waals surface area contributed by atoms with Crippen molar-refractivity contribution in [2.24, 2.45) is 0 Å². The largest absolute Gasteiger partial charge is 0.380 e. The third-order valence-corrected chi connectivity index (χ3v) is 3.19. The lowest BCUT2D eigenvalue weighted by atomic mass is 10.3. The Bertz CT molecular complexity index is 364. The van der Waals surface area contributed by atoms with Gasteiger partial charge in [0.2, 0.25) is 0 Å². The van der Waals surface area contributed by atoms with E-state index in [1.165, 1.54) is 0 Å². The second-order valence-corrected chi connectivity index (χ2v) is 4.54. The van der Waals surface area contributed by atoms with E-state index >= 15 is 0 Å². The predicted molar refractivity (Wildman–Crippen MR) is 71.9 cm³/mol. The van der Waals surface area contributed by atoms with Gasteiger partial charge in [0.15, 0.2) is 0 Å². The van der Waals surface area contributed by atoms with Crippen LogP contribution in [-0.2, 0) is 4.74 Å². The molecule has 100 valence electrons. The summed E-state index contributed by atoms with van der Waals surface area (Å²) in [6.45, 7) is 10.9. The summed E-state index contributed by atoms with van der Waals surface area (Å²) in [5, 5.41) is 0. The molecule has 0 aromatic carbocycles. The molecule has 1 aromatic rings. The molecule has 2 rings (SSSR count). The number of hydrogen-bond donors (Lipinski definition) is 0. The minimum Gasteiger partial charge on any atom is -0.380 e. The molecule has 1 fully saturated rings. The number of piperazine rings is 1. The van der Waals surface area contributed by atoms with E-state index in [4.69, 9.17) is 4.74 Å². The molecule has 5 nitrogen and oxygen atoms in total. The molecule has 0 amide bonds. The Labute approximate surface area is 109 Å². The van der Waals surface area contributed by atoms with Gasteiger partial charge in [0.1, 0.15) is 5.82 Å². The molecule has 18 heavy (non-hydrogen) atoms. The Morgan fingerprint density at radius 2 is 2.00 bits per heavy atom. The van der Waals surface area contributed by atoms with Crippen LogP contribution in [-0.4, -0.2) is 60.8 Å². The van der Waals surface area contributed by atoms with Crippen molar-refractivity contribution in [3.63, 3.8) is 0 Å². The van der Waals surface area contributed by atoms with Gasteiger partial charge in [-0.25, -0.2) is 4.98 Å². The smallest absolute Gasteiger partial charge is 0.147 e. The molecule has 0 N–H and O–H groups in total. The van der Waals surface area contributed by atoms with E-state index in [2.05, 4.69) is 19.8 Å². The highest BCUT2D eigenvalue weighted by Gasteiger charge is 2.17. The summed E-state index contributed by atoms with van der Waals surface area (Å²) in [6.07, 6.45) is 3.64. The van der Waals surface area contributed by atoms with Gasteiger partial charge in [-0.3, -0.25) is 9.88 Å². The van der Waals surface area contributed by atoms with Gasteiger partial charge in [-0.1, -0.05) is 0 Å². The van der Waals surface area contributed by atoms with Crippen LogP contribution < -0.4 is 4.90 Å². The van der Waals surface area contributed by atoms with Crippen LogP contribution in [0.3, 0.4) is 0 Å². The van der Waals surface area contributed by atoms with Crippen molar-refractivity contribution in [3.05, 3.63) is 18.1 Å². The first-order chi connectivity index (χ1) is 8.79. The monoisotopic (exact) mass is 250 g/mol. The molecule has 5 heteroatoms. The molecule has 1 aliphatic heterocycles. The van der Waals surface area contributed by atoms with E-state index in [1.807, 2.05) is 20.0 Å². The highest BCUT2D eigenvalue weighted by Crippen LogP contribution is 2.12. The van der Waals surface area contributed by atoms with E-state index in [1.54, 1.807) is 6.20 Å². The number of nitrogens with zero attached hydrogens (tertiary/aromatic N) is 4. The van der Waals surface area contributed by atoms with Crippen molar-refractivity contribution in [1.82, 2.24) is 14.9 Å². The Balaban J connectivity index is 1.79. The van der Waals surface area contributed by atoms with Crippen molar-refractivity contribution in [1.29, 1.82) is 0 Å². The molecule has 1 saturated heterocycles. The molecule has 1 aliphatic rings. The van der Waals surface area contributed by atoms with Crippen LogP contribution in [0.2, 0.25) is 0 Å². The first-order valence-corrected chi connectivity index (χ1v) is 6.63. The molecular weight excluding hydrogens is 228 g/mol. The molecule has 0 atom stereocenters. The van der Waals surface area contributed by atoms with Gasteiger partial charge in [-0.2, -0.15) is 0 Å². The summed E-state index contributed by atoms with van der Waals surface area (Å²) >= 11 is 0. The first-order valence-electron chi connectivity index (χ1n) is 6.63. The maximum Gasteiger partial charge on any atom is 0.147 e. The lowest BCUT2D eigenvalue weighted by molar-refractivity contribution is 0.111. The minimum absolute atomic E-state index is 0.804. The number of aryl methyl sites for hydroxylation is 1. The minimum atomic E-state index is 0.804. The molecule has 2 heterocycles. The van der Waals surface area contributed by atoms with Crippen LogP contribution >= 0.6 is 0 Å². The van der Waals surface area contributed by atoms with Crippen molar-refractivity contribution in [3.8, 4) is 0 Å². The van der Waals surface area contributed by atoms with Crippen LogP contribution in [0.4, 0.5) is 5.82 Å².